The SMILES string of the molecule is O=C(Nc1cccc(CNC[C@@H](c2cccs2)N2CCCC2)c1)c1ccccc1Cl. The van der Waals surface area contributed by atoms with Crippen LogP contribution in [0.15, 0.2) is 66.0 Å². The molecule has 1 amide bonds. The van der Waals surface area contributed by atoms with E-state index < -0.39 is 0 Å². The van der Waals surface area contributed by atoms with Gasteiger partial charge in [0.2, 0.25) is 0 Å². The van der Waals surface area contributed by atoms with E-state index in [0.29, 0.717) is 16.6 Å². The number of benzene rings is 2. The lowest BCUT2D eigenvalue weighted by atomic mass is 10.1. The summed E-state index contributed by atoms with van der Waals surface area (Å²) >= 11 is 7.97. The molecule has 6 heteroatoms. The van der Waals surface area contributed by atoms with Crippen molar-refractivity contribution in [2.75, 3.05) is 25.0 Å². The fraction of sp³-hybridized carbons (Fsp3) is 0.292. The van der Waals surface area contributed by atoms with E-state index in [9.17, 15) is 4.79 Å². The third-order valence-electron chi connectivity index (χ3n) is 5.42. The highest BCUT2D eigenvalue weighted by atomic mass is 35.5. The number of hydrogen-bond donors (Lipinski definition) is 2. The van der Waals surface area contributed by atoms with Crippen molar-refractivity contribution in [2.45, 2.75) is 25.4 Å². The van der Waals surface area contributed by atoms with Crippen LogP contribution in [0.25, 0.3) is 0 Å². The molecule has 0 spiro atoms. The number of nitrogens with one attached hydrogen (secondary N) is 2. The summed E-state index contributed by atoms with van der Waals surface area (Å²) in [6.45, 7) is 4.02. The predicted molar refractivity (Wildman–Crippen MR) is 125 cm³/mol. The molecule has 2 aromatic carbocycles. The molecule has 2 N–H and O–H groups in total. The summed E-state index contributed by atoms with van der Waals surface area (Å²) in [7, 11) is 0. The Bertz CT molecular complexity index is 970. The Kier molecular flexibility index (Phi) is 7.18. The molecule has 0 bridgehead atoms. The van der Waals surface area contributed by atoms with Crippen molar-refractivity contribution in [3.05, 3.63) is 87.1 Å². The molecule has 1 aliphatic rings. The Labute approximate surface area is 186 Å². The highest BCUT2D eigenvalue weighted by Crippen LogP contribution is 2.28. The molecule has 0 aliphatic carbocycles. The topological polar surface area (TPSA) is 44.4 Å². The molecule has 1 atom stereocenters. The summed E-state index contributed by atoms with van der Waals surface area (Å²) in [4.78, 5) is 16.5. The summed E-state index contributed by atoms with van der Waals surface area (Å²) < 4.78 is 0. The summed E-state index contributed by atoms with van der Waals surface area (Å²) in [6, 6.07) is 19.8. The summed E-state index contributed by atoms with van der Waals surface area (Å²) in [6.07, 6.45) is 2.57. The number of halogens is 1. The minimum atomic E-state index is -0.197. The maximum absolute atomic E-state index is 12.5. The minimum absolute atomic E-state index is 0.197. The van der Waals surface area contributed by atoms with Crippen LogP contribution < -0.4 is 10.6 Å². The normalized spacial score (nSPS) is 15.2. The van der Waals surface area contributed by atoms with E-state index in [1.165, 1.54) is 30.8 Å². The molecule has 0 unspecified atom stereocenters. The molecular formula is C24H26ClN3OS. The zero-order valence-electron chi connectivity index (χ0n) is 16.8. The lowest BCUT2D eigenvalue weighted by Crippen LogP contribution is -2.33. The standard InChI is InChI=1S/C24H26ClN3OS/c25-21-10-2-1-9-20(21)24(29)27-19-8-5-7-18(15-19)16-26-17-22(23-11-6-14-30-23)28-12-3-4-13-28/h1-2,5-11,14-15,22,26H,3-4,12-13,16-17H2,(H,27,29)/t22-/m0/s1. The van der Waals surface area contributed by atoms with Crippen LogP contribution in [0.2, 0.25) is 5.02 Å². The number of carbonyl (C=O) groups excluding carboxylic acids is 1. The summed E-state index contributed by atoms with van der Waals surface area (Å²) in [5.41, 5.74) is 2.39. The molecule has 4 nitrogen and oxygen atoms in total. The van der Waals surface area contributed by atoms with Crippen molar-refractivity contribution in [3.8, 4) is 0 Å². The largest absolute Gasteiger partial charge is 0.322 e. The molecule has 3 aromatic rings. The van der Waals surface area contributed by atoms with Gasteiger partial charge in [0.15, 0.2) is 0 Å². The van der Waals surface area contributed by atoms with E-state index in [1.54, 1.807) is 12.1 Å². The number of likely N-dealkylation sites (tertiary alicyclic amines) is 1. The smallest absolute Gasteiger partial charge is 0.257 e. The summed E-state index contributed by atoms with van der Waals surface area (Å²) in [5.74, 6) is -0.197. The van der Waals surface area contributed by atoms with Gasteiger partial charge in [-0.15, -0.1) is 11.3 Å². The molecular weight excluding hydrogens is 414 g/mol. The van der Waals surface area contributed by atoms with Gasteiger partial charge in [-0.1, -0.05) is 41.9 Å². The van der Waals surface area contributed by atoms with Gasteiger partial charge in [0, 0.05) is 23.7 Å². The molecule has 1 aromatic heterocycles. The van der Waals surface area contributed by atoms with Crippen LogP contribution in [0.3, 0.4) is 0 Å². The fourth-order valence-electron chi connectivity index (χ4n) is 3.90. The number of anilines is 1. The van der Waals surface area contributed by atoms with Gasteiger partial charge in [0.25, 0.3) is 5.91 Å². The van der Waals surface area contributed by atoms with Crippen molar-refractivity contribution in [3.63, 3.8) is 0 Å². The van der Waals surface area contributed by atoms with Crippen molar-refractivity contribution in [1.82, 2.24) is 10.2 Å². The maximum atomic E-state index is 12.5. The van der Waals surface area contributed by atoms with E-state index >= 15 is 0 Å². The summed E-state index contributed by atoms with van der Waals surface area (Å²) in [5, 5.41) is 9.18. The number of amides is 1. The monoisotopic (exact) mass is 439 g/mol. The van der Waals surface area contributed by atoms with Gasteiger partial charge < -0.3 is 10.6 Å². The first-order valence-electron chi connectivity index (χ1n) is 10.3. The number of hydrogen-bond acceptors (Lipinski definition) is 4. The molecule has 1 aliphatic heterocycles. The number of nitrogens with zero attached hydrogens (tertiary/aromatic N) is 1. The van der Waals surface area contributed by atoms with Gasteiger partial charge in [-0.05, 0) is 67.2 Å². The van der Waals surface area contributed by atoms with E-state index in [1.807, 2.05) is 41.7 Å². The number of carbonyl (C=O) groups is 1. The Morgan fingerprint density at radius 1 is 1.07 bits per heavy atom. The second-order valence-electron chi connectivity index (χ2n) is 7.54. The van der Waals surface area contributed by atoms with Crippen molar-refractivity contribution >= 4 is 34.5 Å². The van der Waals surface area contributed by atoms with E-state index in [-0.39, 0.29) is 5.91 Å². The molecule has 30 heavy (non-hydrogen) atoms. The molecule has 156 valence electrons. The Morgan fingerprint density at radius 2 is 1.90 bits per heavy atom. The lowest BCUT2D eigenvalue weighted by molar-refractivity contribution is 0.102. The van der Waals surface area contributed by atoms with Crippen LogP contribution in [0, 0.1) is 0 Å². The van der Waals surface area contributed by atoms with Gasteiger partial charge in [-0.3, -0.25) is 9.69 Å². The van der Waals surface area contributed by atoms with E-state index in [2.05, 4.69) is 39.1 Å². The average Bonchev–Trinajstić information content (AvgIpc) is 3.46. The van der Waals surface area contributed by atoms with E-state index in [0.717, 1.165) is 24.3 Å². The highest BCUT2D eigenvalue weighted by molar-refractivity contribution is 7.10. The highest BCUT2D eigenvalue weighted by Gasteiger charge is 2.23. The first kappa shape index (κ1) is 21.1. The molecule has 1 saturated heterocycles. The zero-order chi connectivity index (χ0) is 20.8. The maximum Gasteiger partial charge on any atom is 0.257 e. The quantitative estimate of drug-likeness (QED) is 0.481. The van der Waals surface area contributed by atoms with Crippen LogP contribution in [0.1, 0.15) is 39.7 Å². The fourth-order valence-corrected chi connectivity index (χ4v) is 4.98. The lowest BCUT2D eigenvalue weighted by Gasteiger charge is -2.27. The number of rotatable bonds is 8. The Balaban J connectivity index is 1.36. The van der Waals surface area contributed by atoms with Crippen LogP contribution in [0.4, 0.5) is 5.69 Å². The van der Waals surface area contributed by atoms with Gasteiger partial charge in [-0.25, -0.2) is 0 Å². The van der Waals surface area contributed by atoms with E-state index in [4.69, 9.17) is 11.6 Å². The predicted octanol–water partition coefficient (Wildman–Crippen LogP) is 5.58. The Morgan fingerprint density at radius 3 is 2.67 bits per heavy atom. The molecule has 0 radical (unpaired) electrons. The molecule has 1 fully saturated rings. The van der Waals surface area contributed by atoms with Gasteiger partial charge in [-0.2, -0.15) is 0 Å². The average molecular weight is 440 g/mol. The van der Waals surface area contributed by atoms with Gasteiger partial charge in [0.1, 0.15) is 0 Å². The number of thiophene rings is 1. The first-order chi connectivity index (χ1) is 14.7. The second kappa shape index (κ2) is 10.2. The van der Waals surface area contributed by atoms with Crippen molar-refractivity contribution in [2.24, 2.45) is 0 Å². The molecule has 2 heterocycles. The minimum Gasteiger partial charge on any atom is -0.322 e. The zero-order valence-corrected chi connectivity index (χ0v) is 18.4. The molecule has 0 saturated carbocycles. The first-order valence-corrected chi connectivity index (χ1v) is 11.6. The van der Waals surface area contributed by atoms with Gasteiger partial charge >= 0.3 is 0 Å². The van der Waals surface area contributed by atoms with Crippen LogP contribution >= 0.6 is 22.9 Å². The molecule has 4 rings (SSSR count). The second-order valence-corrected chi connectivity index (χ2v) is 8.93. The van der Waals surface area contributed by atoms with Crippen LogP contribution in [0.5, 0.6) is 0 Å². The van der Waals surface area contributed by atoms with Crippen LogP contribution in [-0.2, 0) is 6.54 Å². The van der Waals surface area contributed by atoms with Crippen LogP contribution in [-0.4, -0.2) is 30.4 Å². The van der Waals surface area contributed by atoms with Crippen molar-refractivity contribution < 1.29 is 4.79 Å². The van der Waals surface area contributed by atoms with Gasteiger partial charge in [0.05, 0.1) is 16.6 Å². The van der Waals surface area contributed by atoms with Crippen molar-refractivity contribution in [1.29, 1.82) is 0 Å². The Hall–Kier alpha value is -2.18. The third kappa shape index (κ3) is 5.29. The third-order valence-corrected chi connectivity index (χ3v) is 6.73.